The Kier molecular flexibility index (Phi) is 5.39. The molecule has 2 aromatic carbocycles. The second-order valence-corrected chi connectivity index (χ2v) is 6.45. The first-order valence-electron chi connectivity index (χ1n) is 8.11. The zero-order valence-corrected chi connectivity index (χ0v) is 14.8. The number of aryl methyl sites for hydroxylation is 2. The molecule has 122 valence electrons. The van der Waals surface area contributed by atoms with Crippen molar-refractivity contribution in [1.29, 1.82) is 0 Å². The molecule has 3 aromatic rings. The Morgan fingerprint density at radius 2 is 1.75 bits per heavy atom. The molecule has 3 rings (SSSR count). The van der Waals surface area contributed by atoms with Crippen LogP contribution in [0.2, 0.25) is 0 Å². The molecule has 1 heterocycles. The van der Waals surface area contributed by atoms with Gasteiger partial charge in [-0.2, -0.15) is 5.10 Å². The van der Waals surface area contributed by atoms with Crippen LogP contribution in [0, 0.1) is 6.92 Å². The first-order valence-corrected chi connectivity index (χ1v) is 8.99. The standard InChI is InChI=1S/C20H21N3S/c1-3-17-9-11-19(12-10-17)14-22-23-16(2)15-24-20(23)21-13-18-7-5-4-6-8-18/h4-12,14-15H,3,13H2,1-2H3. The van der Waals surface area contributed by atoms with Crippen LogP contribution in [0.3, 0.4) is 0 Å². The van der Waals surface area contributed by atoms with Crippen LogP contribution in [0.25, 0.3) is 0 Å². The first kappa shape index (κ1) is 16.4. The Bertz CT molecular complexity index is 871. The number of nitrogens with zero attached hydrogens (tertiary/aromatic N) is 3. The van der Waals surface area contributed by atoms with E-state index in [1.807, 2.05) is 29.1 Å². The highest BCUT2D eigenvalue weighted by Gasteiger charge is 1.99. The Hall–Kier alpha value is -2.46. The largest absolute Gasteiger partial charge is 0.253 e. The summed E-state index contributed by atoms with van der Waals surface area (Å²) in [6.45, 7) is 4.88. The van der Waals surface area contributed by atoms with Crippen molar-refractivity contribution in [2.45, 2.75) is 26.8 Å². The molecule has 0 aliphatic rings. The summed E-state index contributed by atoms with van der Waals surface area (Å²) in [7, 11) is 0. The molecule has 0 saturated carbocycles. The molecule has 0 radical (unpaired) electrons. The summed E-state index contributed by atoms with van der Waals surface area (Å²) in [5.41, 5.74) is 4.73. The molecule has 0 fully saturated rings. The molecular formula is C20H21N3S. The van der Waals surface area contributed by atoms with Gasteiger partial charge >= 0.3 is 0 Å². The number of hydrogen-bond acceptors (Lipinski definition) is 3. The monoisotopic (exact) mass is 335 g/mol. The third kappa shape index (κ3) is 4.09. The van der Waals surface area contributed by atoms with Gasteiger partial charge in [0.15, 0.2) is 0 Å². The van der Waals surface area contributed by atoms with Crippen molar-refractivity contribution in [1.82, 2.24) is 4.68 Å². The molecule has 0 aliphatic carbocycles. The molecule has 0 unspecified atom stereocenters. The normalized spacial score (nSPS) is 12.2. The minimum absolute atomic E-state index is 0.668. The Morgan fingerprint density at radius 3 is 2.46 bits per heavy atom. The van der Waals surface area contributed by atoms with Crippen molar-refractivity contribution >= 4 is 17.6 Å². The van der Waals surface area contributed by atoms with E-state index in [2.05, 4.69) is 60.7 Å². The predicted molar refractivity (Wildman–Crippen MR) is 102 cm³/mol. The van der Waals surface area contributed by atoms with Gasteiger partial charge in [-0.15, -0.1) is 11.3 Å². The third-order valence-electron chi connectivity index (χ3n) is 3.80. The lowest BCUT2D eigenvalue weighted by molar-refractivity contribution is 0.787. The second-order valence-electron chi connectivity index (χ2n) is 5.61. The lowest BCUT2D eigenvalue weighted by atomic mass is 10.1. The number of rotatable bonds is 5. The second kappa shape index (κ2) is 7.88. The van der Waals surface area contributed by atoms with Crippen molar-refractivity contribution in [3.05, 3.63) is 87.2 Å². The lowest BCUT2D eigenvalue weighted by Gasteiger charge is -2.00. The van der Waals surface area contributed by atoms with Crippen LogP contribution in [0.4, 0.5) is 0 Å². The summed E-state index contributed by atoms with van der Waals surface area (Å²) in [4.78, 5) is 5.62. The van der Waals surface area contributed by atoms with Crippen molar-refractivity contribution in [3.8, 4) is 0 Å². The van der Waals surface area contributed by atoms with Crippen LogP contribution in [-0.2, 0) is 13.0 Å². The van der Waals surface area contributed by atoms with E-state index in [1.165, 1.54) is 11.1 Å². The molecule has 4 heteroatoms. The number of hydrogen-bond donors (Lipinski definition) is 0. The molecule has 0 atom stereocenters. The topological polar surface area (TPSA) is 29.6 Å². The van der Waals surface area contributed by atoms with Crippen LogP contribution in [0.1, 0.15) is 29.3 Å². The van der Waals surface area contributed by atoms with Gasteiger partial charge in [0.25, 0.3) is 0 Å². The van der Waals surface area contributed by atoms with Crippen LogP contribution in [0.5, 0.6) is 0 Å². The molecule has 0 bridgehead atoms. The van der Waals surface area contributed by atoms with Crippen molar-refractivity contribution < 1.29 is 0 Å². The molecule has 3 nitrogen and oxygen atoms in total. The zero-order valence-electron chi connectivity index (χ0n) is 14.0. The minimum atomic E-state index is 0.668. The van der Waals surface area contributed by atoms with Gasteiger partial charge in [0.1, 0.15) is 0 Å². The number of thiazole rings is 1. The Balaban J connectivity index is 1.82. The molecule has 0 aliphatic heterocycles. The molecule has 0 N–H and O–H groups in total. The molecule has 0 spiro atoms. The summed E-state index contributed by atoms with van der Waals surface area (Å²) in [5.74, 6) is 0. The molecule has 0 saturated heterocycles. The first-order chi connectivity index (χ1) is 11.8. The van der Waals surface area contributed by atoms with E-state index in [0.29, 0.717) is 6.54 Å². The van der Waals surface area contributed by atoms with E-state index in [9.17, 15) is 0 Å². The maximum Gasteiger partial charge on any atom is 0.206 e. The van der Waals surface area contributed by atoms with E-state index in [4.69, 9.17) is 4.99 Å². The highest BCUT2D eigenvalue weighted by molar-refractivity contribution is 7.07. The number of aromatic nitrogens is 1. The third-order valence-corrected chi connectivity index (χ3v) is 4.77. The van der Waals surface area contributed by atoms with Gasteiger partial charge in [0, 0.05) is 5.38 Å². The number of benzene rings is 2. The van der Waals surface area contributed by atoms with Gasteiger partial charge in [-0.3, -0.25) is 4.99 Å². The zero-order chi connectivity index (χ0) is 16.8. The van der Waals surface area contributed by atoms with Crippen LogP contribution in [0.15, 0.2) is 70.1 Å². The van der Waals surface area contributed by atoms with Gasteiger partial charge < -0.3 is 0 Å². The van der Waals surface area contributed by atoms with Gasteiger partial charge in [-0.05, 0) is 30.0 Å². The summed E-state index contributed by atoms with van der Waals surface area (Å²) >= 11 is 1.62. The fraction of sp³-hybridized carbons (Fsp3) is 0.200. The van der Waals surface area contributed by atoms with Crippen molar-refractivity contribution in [3.63, 3.8) is 0 Å². The van der Waals surface area contributed by atoms with Gasteiger partial charge in [-0.25, -0.2) is 4.68 Å². The SMILES string of the molecule is CCc1ccc(C=Nn2c(C)csc2=NCc2ccccc2)cc1. The van der Waals surface area contributed by atoms with E-state index >= 15 is 0 Å². The maximum atomic E-state index is 4.70. The van der Waals surface area contributed by atoms with Gasteiger partial charge in [0.05, 0.1) is 18.5 Å². The van der Waals surface area contributed by atoms with Crippen LogP contribution < -0.4 is 4.80 Å². The molecular weight excluding hydrogens is 314 g/mol. The quantitative estimate of drug-likeness (QED) is 0.619. The molecule has 24 heavy (non-hydrogen) atoms. The average molecular weight is 335 g/mol. The van der Waals surface area contributed by atoms with E-state index in [0.717, 1.165) is 22.5 Å². The summed E-state index contributed by atoms with van der Waals surface area (Å²) in [5, 5.41) is 6.70. The fourth-order valence-electron chi connectivity index (χ4n) is 2.34. The summed E-state index contributed by atoms with van der Waals surface area (Å²) in [6, 6.07) is 18.8. The predicted octanol–water partition coefficient (Wildman–Crippen LogP) is 4.40. The minimum Gasteiger partial charge on any atom is -0.253 e. The van der Waals surface area contributed by atoms with Crippen LogP contribution in [-0.4, -0.2) is 10.9 Å². The van der Waals surface area contributed by atoms with Crippen molar-refractivity contribution in [2.75, 3.05) is 0 Å². The van der Waals surface area contributed by atoms with Crippen LogP contribution >= 0.6 is 11.3 Å². The van der Waals surface area contributed by atoms with E-state index in [1.54, 1.807) is 11.3 Å². The molecule has 1 aromatic heterocycles. The maximum absolute atomic E-state index is 4.70. The highest BCUT2D eigenvalue weighted by atomic mass is 32.1. The van der Waals surface area contributed by atoms with Gasteiger partial charge in [0.2, 0.25) is 4.80 Å². The highest BCUT2D eigenvalue weighted by Crippen LogP contribution is 2.05. The smallest absolute Gasteiger partial charge is 0.206 e. The molecule has 0 amide bonds. The lowest BCUT2D eigenvalue weighted by Crippen LogP contribution is -2.12. The fourth-order valence-corrected chi connectivity index (χ4v) is 3.15. The summed E-state index contributed by atoms with van der Waals surface area (Å²) < 4.78 is 1.90. The Morgan fingerprint density at radius 1 is 1.00 bits per heavy atom. The van der Waals surface area contributed by atoms with E-state index < -0.39 is 0 Å². The van der Waals surface area contributed by atoms with Crippen molar-refractivity contribution in [2.24, 2.45) is 10.1 Å². The average Bonchev–Trinajstić information content (AvgIpc) is 2.99. The summed E-state index contributed by atoms with van der Waals surface area (Å²) in [6.07, 6.45) is 2.94. The van der Waals surface area contributed by atoms with Gasteiger partial charge in [-0.1, -0.05) is 61.5 Å². The van der Waals surface area contributed by atoms with E-state index in [-0.39, 0.29) is 0 Å². The Labute approximate surface area is 146 Å².